The molecule has 0 unspecified atom stereocenters. The van der Waals surface area contributed by atoms with E-state index in [1.807, 2.05) is 12.3 Å². The van der Waals surface area contributed by atoms with Crippen molar-refractivity contribution in [3.63, 3.8) is 0 Å². The Morgan fingerprint density at radius 2 is 2.16 bits per heavy atom. The molecule has 3 aromatic heterocycles. The average molecular weight is 311 g/mol. The minimum atomic E-state index is 0.135. The van der Waals surface area contributed by atoms with E-state index in [1.54, 1.807) is 18.5 Å². The molecule has 3 rings (SSSR count). The summed E-state index contributed by atoms with van der Waals surface area (Å²) < 4.78 is 2.40. The number of aryl methyl sites for hydroxylation is 1. The van der Waals surface area contributed by atoms with Gasteiger partial charge >= 0.3 is 0 Å². The Bertz CT molecular complexity index is 696. The Hall–Kier alpha value is -1.51. The molecule has 0 fully saturated rings. The molecular formula is C10H7ClN6S2. The van der Waals surface area contributed by atoms with Gasteiger partial charge in [0, 0.05) is 23.5 Å². The lowest BCUT2D eigenvalue weighted by Gasteiger charge is -2.02. The van der Waals surface area contributed by atoms with Gasteiger partial charge in [0.1, 0.15) is 0 Å². The van der Waals surface area contributed by atoms with Gasteiger partial charge in [-0.15, -0.1) is 11.3 Å². The van der Waals surface area contributed by atoms with Gasteiger partial charge in [0.25, 0.3) is 5.95 Å². The summed E-state index contributed by atoms with van der Waals surface area (Å²) in [4.78, 5) is 16.8. The molecule has 0 spiro atoms. The second kappa shape index (κ2) is 5.24. The van der Waals surface area contributed by atoms with Gasteiger partial charge in [-0.2, -0.15) is 20.1 Å². The molecule has 9 heteroatoms. The highest BCUT2D eigenvalue weighted by atomic mass is 35.5. The molecule has 3 aromatic rings. The van der Waals surface area contributed by atoms with Gasteiger partial charge in [-0.3, -0.25) is 0 Å². The summed E-state index contributed by atoms with van der Waals surface area (Å²) in [5.41, 5.74) is 0.972. The van der Waals surface area contributed by atoms with Gasteiger partial charge in [-0.25, -0.2) is 9.67 Å². The van der Waals surface area contributed by atoms with Crippen molar-refractivity contribution in [3.05, 3.63) is 34.8 Å². The quantitative estimate of drug-likeness (QED) is 0.740. The van der Waals surface area contributed by atoms with E-state index in [-0.39, 0.29) is 5.28 Å². The maximum absolute atomic E-state index is 5.90. The van der Waals surface area contributed by atoms with Crippen LogP contribution in [0.25, 0.3) is 5.95 Å². The fraction of sp³-hybridized carbons (Fsp3) is 0.100. The Balaban J connectivity index is 1.94. The van der Waals surface area contributed by atoms with Crippen LogP contribution in [0.2, 0.25) is 5.28 Å². The number of halogens is 1. The summed E-state index contributed by atoms with van der Waals surface area (Å²) in [6.07, 6.45) is 3.39. The first kappa shape index (κ1) is 12.5. The fourth-order valence-corrected chi connectivity index (χ4v) is 3.21. The zero-order valence-corrected chi connectivity index (χ0v) is 12.1. The minimum Gasteiger partial charge on any atom is -0.235 e. The normalized spacial score (nSPS) is 10.8. The van der Waals surface area contributed by atoms with E-state index in [0.29, 0.717) is 11.1 Å². The molecule has 0 radical (unpaired) electrons. The Morgan fingerprint density at radius 1 is 1.26 bits per heavy atom. The summed E-state index contributed by atoms with van der Waals surface area (Å²) >= 11 is 8.80. The van der Waals surface area contributed by atoms with E-state index >= 15 is 0 Å². The summed E-state index contributed by atoms with van der Waals surface area (Å²) in [5.74, 6) is 0.390. The number of thiazole rings is 1. The Kier molecular flexibility index (Phi) is 3.45. The van der Waals surface area contributed by atoms with Crippen molar-refractivity contribution in [2.24, 2.45) is 0 Å². The zero-order valence-electron chi connectivity index (χ0n) is 9.69. The van der Waals surface area contributed by atoms with Crippen molar-refractivity contribution >= 4 is 34.7 Å². The maximum atomic E-state index is 5.90. The van der Waals surface area contributed by atoms with Gasteiger partial charge in [-0.1, -0.05) is 0 Å². The molecule has 0 aromatic carbocycles. The molecule has 0 saturated carbocycles. The van der Waals surface area contributed by atoms with Crippen molar-refractivity contribution in [1.82, 2.24) is 29.7 Å². The smallest absolute Gasteiger partial charge is 0.235 e. The number of aromatic nitrogens is 6. The topological polar surface area (TPSA) is 69.4 Å². The van der Waals surface area contributed by atoms with Crippen LogP contribution >= 0.6 is 34.7 Å². The molecule has 6 nitrogen and oxygen atoms in total. The van der Waals surface area contributed by atoms with Gasteiger partial charge in [0.05, 0.1) is 0 Å². The number of nitrogens with zero attached hydrogens (tertiary/aromatic N) is 6. The van der Waals surface area contributed by atoms with Crippen molar-refractivity contribution < 1.29 is 0 Å². The molecule has 0 bridgehead atoms. The molecule has 0 aliphatic rings. The summed E-state index contributed by atoms with van der Waals surface area (Å²) in [6.45, 7) is 1.94. The largest absolute Gasteiger partial charge is 0.255 e. The van der Waals surface area contributed by atoms with Crippen LogP contribution in [0.1, 0.15) is 5.69 Å². The van der Waals surface area contributed by atoms with Gasteiger partial charge in [0.2, 0.25) is 10.4 Å². The van der Waals surface area contributed by atoms with Crippen LogP contribution in [0.3, 0.4) is 0 Å². The van der Waals surface area contributed by atoms with E-state index in [2.05, 4.69) is 25.0 Å². The molecule has 3 heterocycles. The highest BCUT2D eigenvalue weighted by Crippen LogP contribution is 2.28. The van der Waals surface area contributed by atoms with E-state index in [9.17, 15) is 0 Å². The molecule has 0 saturated heterocycles. The second-order valence-corrected chi connectivity index (χ2v) is 5.91. The van der Waals surface area contributed by atoms with Crippen LogP contribution in [0.4, 0.5) is 0 Å². The summed E-state index contributed by atoms with van der Waals surface area (Å²) in [6, 6.07) is 1.79. The molecule has 0 aliphatic carbocycles. The van der Waals surface area contributed by atoms with Gasteiger partial charge < -0.3 is 0 Å². The maximum Gasteiger partial charge on any atom is 0.255 e. The zero-order chi connectivity index (χ0) is 13.2. The average Bonchev–Trinajstić information content (AvgIpc) is 3.00. The van der Waals surface area contributed by atoms with Crippen LogP contribution in [0.15, 0.2) is 33.3 Å². The van der Waals surface area contributed by atoms with E-state index in [1.165, 1.54) is 27.8 Å². The van der Waals surface area contributed by atoms with Crippen molar-refractivity contribution in [2.45, 2.75) is 16.4 Å². The third-order valence-corrected chi connectivity index (χ3v) is 4.15. The highest BCUT2D eigenvalue weighted by molar-refractivity contribution is 8.00. The van der Waals surface area contributed by atoms with Crippen LogP contribution in [0.5, 0.6) is 0 Å². The molecule has 0 atom stereocenters. The predicted molar refractivity (Wildman–Crippen MR) is 72.9 cm³/mol. The minimum absolute atomic E-state index is 0.135. The molecule has 0 N–H and O–H groups in total. The van der Waals surface area contributed by atoms with Gasteiger partial charge in [-0.05, 0) is 36.4 Å². The third-order valence-electron chi connectivity index (χ3n) is 2.06. The summed E-state index contributed by atoms with van der Waals surface area (Å²) in [7, 11) is 0. The van der Waals surface area contributed by atoms with E-state index in [0.717, 1.165) is 10.0 Å². The highest BCUT2D eigenvalue weighted by Gasteiger charge is 2.10. The van der Waals surface area contributed by atoms with Crippen molar-refractivity contribution in [2.75, 3.05) is 0 Å². The SMILES string of the molecule is Cc1csc(Sc2nc(Cl)nc(-n3cccn3)n2)n1. The lowest BCUT2D eigenvalue weighted by atomic mass is 10.6. The standard InChI is InChI=1S/C10H7ClN6S2/c1-6-5-18-10(13-6)19-9-15-7(11)14-8(16-9)17-4-2-3-12-17/h2-5H,1H3. The number of hydrogen-bond acceptors (Lipinski definition) is 7. The summed E-state index contributed by atoms with van der Waals surface area (Å²) in [5, 5.41) is 6.67. The fourth-order valence-electron chi connectivity index (χ4n) is 1.31. The Morgan fingerprint density at radius 3 is 2.84 bits per heavy atom. The Labute approximate surface area is 121 Å². The first-order valence-electron chi connectivity index (χ1n) is 5.22. The lowest BCUT2D eigenvalue weighted by molar-refractivity contribution is 0.758. The predicted octanol–water partition coefficient (Wildman–Crippen LogP) is 2.63. The number of hydrogen-bond donors (Lipinski definition) is 0. The van der Waals surface area contributed by atoms with Crippen LogP contribution in [-0.4, -0.2) is 29.7 Å². The first-order chi connectivity index (χ1) is 9.20. The monoisotopic (exact) mass is 310 g/mol. The molecule has 96 valence electrons. The van der Waals surface area contributed by atoms with Crippen molar-refractivity contribution in [1.29, 1.82) is 0 Å². The van der Waals surface area contributed by atoms with Crippen molar-refractivity contribution in [3.8, 4) is 5.95 Å². The lowest BCUT2D eigenvalue weighted by Crippen LogP contribution is -2.04. The van der Waals surface area contributed by atoms with Crippen LogP contribution < -0.4 is 0 Å². The molecule has 19 heavy (non-hydrogen) atoms. The molecule has 0 aliphatic heterocycles. The van der Waals surface area contributed by atoms with Crippen LogP contribution in [0, 0.1) is 6.92 Å². The van der Waals surface area contributed by atoms with E-state index in [4.69, 9.17) is 11.6 Å². The van der Waals surface area contributed by atoms with Gasteiger partial charge in [0.15, 0.2) is 4.34 Å². The van der Waals surface area contributed by atoms with E-state index < -0.39 is 0 Å². The number of rotatable bonds is 3. The third kappa shape index (κ3) is 2.91. The molecule has 0 amide bonds. The second-order valence-electron chi connectivity index (χ2n) is 3.49. The first-order valence-corrected chi connectivity index (χ1v) is 7.30. The van der Waals surface area contributed by atoms with Crippen LogP contribution in [-0.2, 0) is 0 Å². The molecular weight excluding hydrogens is 304 g/mol.